The topological polar surface area (TPSA) is 37.3 Å². The molecule has 2 heteroatoms. The quantitative estimate of drug-likeness (QED) is 0.715. The van der Waals surface area contributed by atoms with Gasteiger partial charge in [0, 0.05) is 18.6 Å². The molecule has 1 rings (SSSR count). The Hall–Kier alpha value is -1.15. The molecule has 0 saturated heterocycles. The van der Waals surface area contributed by atoms with Crippen molar-refractivity contribution in [1.82, 2.24) is 0 Å². The SMILES string of the molecule is C[C@@H](CO)CC(=O)c1ccccc1. The highest BCUT2D eigenvalue weighted by Gasteiger charge is 2.09. The lowest BCUT2D eigenvalue weighted by Gasteiger charge is -2.05. The second kappa shape index (κ2) is 4.77. The predicted molar refractivity (Wildman–Crippen MR) is 51.6 cm³/mol. The minimum absolute atomic E-state index is 0.0488. The fourth-order valence-electron chi connectivity index (χ4n) is 1.12. The number of carbonyl (C=O) groups excluding carboxylic acids is 1. The molecule has 0 amide bonds. The van der Waals surface area contributed by atoms with Gasteiger partial charge in [-0.05, 0) is 5.92 Å². The van der Waals surface area contributed by atoms with Crippen molar-refractivity contribution in [3.05, 3.63) is 35.9 Å². The van der Waals surface area contributed by atoms with E-state index in [9.17, 15) is 4.79 Å². The van der Waals surface area contributed by atoms with Crippen molar-refractivity contribution in [1.29, 1.82) is 0 Å². The van der Waals surface area contributed by atoms with Crippen LogP contribution in [0, 0.1) is 5.92 Å². The van der Waals surface area contributed by atoms with Crippen molar-refractivity contribution < 1.29 is 9.90 Å². The number of Topliss-reactive ketones (excluding diaryl/α,β-unsaturated/α-hetero) is 1. The van der Waals surface area contributed by atoms with Gasteiger partial charge in [0.2, 0.25) is 0 Å². The smallest absolute Gasteiger partial charge is 0.163 e. The number of benzene rings is 1. The van der Waals surface area contributed by atoms with Crippen LogP contribution in [0.15, 0.2) is 30.3 Å². The first-order valence-electron chi connectivity index (χ1n) is 4.43. The first-order valence-corrected chi connectivity index (χ1v) is 4.43. The van der Waals surface area contributed by atoms with Crippen molar-refractivity contribution >= 4 is 5.78 Å². The van der Waals surface area contributed by atoms with E-state index in [1.54, 1.807) is 12.1 Å². The second-order valence-electron chi connectivity index (χ2n) is 3.28. The van der Waals surface area contributed by atoms with E-state index in [0.29, 0.717) is 6.42 Å². The normalized spacial score (nSPS) is 12.5. The third kappa shape index (κ3) is 2.99. The van der Waals surface area contributed by atoms with Crippen LogP contribution >= 0.6 is 0 Å². The van der Waals surface area contributed by atoms with Gasteiger partial charge < -0.3 is 5.11 Å². The molecule has 0 aliphatic carbocycles. The molecule has 1 aromatic carbocycles. The average Bonchev–Trinajstić information content (AvgIpc) is 2.19. The summed E-state index contributed by atoms with van der Waals surface area (Å²) in [6.07, 6.45) is 0.417. The number of ketones is 1. The van der Waals surface area contributed by atoms with Crippen LogP contribution in [0.2, 0.25) is 0 Å². The number of hydrogen-bond donors (Lipinski definition) is 1. The highest BCUT2D eigenvalue weighted by Crippen LogP contribution is 2.08. The summed E-state index contributed by atoms with van der Waals surface area (Å²) in [5.41, 5.74) is 0.725. The van der Waals surface area contributed by atoms with E-state index in [4.69, 9.17) is 5.11 Å². The van der Waals surface area contributed by atoms with Crippen LogP contribution in [0.4, 0.5) is 0 Å². The van der Waals surface area contributed by atoms with Crippen molar-refractivity contribution in [3.63, 3.8) is 0 Å². The van der Waals surface area contributed by atoms with E-state index in [2.05, 4.69) is 0 Å². The van der Waals surface area contributed by atoms with Crippen molar-refractivity contribution in [2.75, 3.05) is 6.61 Å². The Labute approximate surface area is 78.2 Å². The van der Waals surface area contributed by atoms with E-state index in [0.717, 1.165) is 5.56 Å². The van der Waals surface area contributed by atoms with Gasteiger partial charge in [-0.1, -0.05) is 37.3 Å². The zero-order chi connectivity index (χ0) is 9.68. The molecule has 1 atom stereocenters. The van der Waals surface area contributed by atoms with Crippen LogP contribution < -0.4 is 0 Å². The summed E-state index contributed by atoms with van der Waals surface area (Å²) in [7, 11) is 0. The van der Waals surface area contributed by atoms with Gasteiger partial charge in [-0.2, -0.15) is 0 Å². The van der Waals surface area contributed by atoms with Crippen LogP contribution in [0.3, 0.4) is 0 Å². The summed E-state index contributed by atoms with van der Waals surface area (Å²) in [4.78, 5) is 11.5. The third-order valence-electron chi connectivity index (χ3n) is 1.94. The Balaban J connectivity index is 2.59. The van der Waals surface area contributed by atoms with Crippen LogP contribution in [0.5, 0.6) is 0 Å². The monoisotopic (exact) mass is 178 g/mol. The molecule has 1 N–H and O–H groups in total. The van der Waals surface area contributed by atoms with Crippen LogP contribution in [-0.4, -0.2) is 17.5 Å². The maximum Gasteiger partial charge on any atom is 0.163 e. The van der Waals surface area contributed by atoms with E-state index in [1.807, 2.05) is 25.1 Å². The fraction of sp³-hybridized carbons (Fsp3) is 0.364. The molecule has 0 aliphatic rings. The van der Waals surface area contributed by atoms with Gasteiger partial charge in [0.25, 0.3) is 0 Å². The van der Waals surface area contributed by atoms with Gasteiger partial charge in [0.15, 0.2) is 5.78 Å². The third-order valence-corrected chi connectivity index (χ3v) is 1.94. The van der Waals surface area contributed by atoms with Crippen molar-refractivity contribution in [2.45, 2.75) is 13.3 Å². The maximum absolute atomic E-state index is 11.5. The first kappa shape index (κ1) is 9.93. The van der Waals surface area contributed by atoms with Gasteiger partial charge in [0.1, 0.15) is 0 Å². The highest BCUT2D eigenvalue weighted by atomic mass is 16.3. The molecule has 0 unspecified atom stereocenters. The zero-order valence-electron chi connectivity index (χ0n) is 7.73. The molecule has 2 nitrogen and oxygen atoms in total. The summed E-state index contributed by atoms with van der Waals surface area (Å²) in [6, 6.07) is 9.17. The molecular weight excluding hydrogens is 164 g/mol. The minimum Gasteiger partial charge on any atom is -0.396 e. The van der Waals surface area contributed by atoms with Crippen LogP contribution in [-0.2, 0) is 0 Å². The lowest BCUT2D eigenvalue weighted by atomic mass is 10.0. The number of hydrogen-bond acceptors (Lipinski definition) is 2. The predicted octanol–water partition coefficient (Wildman–Crippen LogP) is 1.89. The molecule has 0 spiro atoms. The Morgan fingerprint density at radius 1 is 1.38 bits per heavy atom. The zero-order valence-corrected chi connectivity index (χ0v) is 7.73. The molecule has 0 heterocycles. The van der Waals surface area contributed by atoms with E-state index in [1.165, 1.54) is 0 Å². The molecule has 0 radical (unpaired) electrons. The van der Waals surface area contributed by atoms with Gasteiger partial charge in [0.05, 0.1) is 0 Å². The summed E-state index contributed by atoms with van der Waals surface area (Å²) in [6.45, 7) is 1.93. The lowest BCUT2D eigenvalue weighted by Crippen LogP contribution is -2.08. The largest absolute Gasteiger partial charge is 0.396 e. The Bertz CT molecular complexity index is 267. The second-order valence-corrected chi connectivity index (χ2v) is 3.28. The standard InChI is InChI=1S/C11H14O2/c1-9(8-12)7-11(13)10-5-3-2-4-6-10/h2-6,9,12H,7-8H2,1H3/t9-/m1/s1. The molecule has 0 saturated carbocycles. The van der Waals surface area contributed by atoms with Crippen LogP contribution in [0.1, 0.15) is 23.7 Å². The molecule has 13 heavy (non-hydrogen) atoms. The number of aliphatic hydroxyl groups excluding tert-OH is 1. The molecule has 0 fully saturated rings. The van der Waals surface area contributed by atoms with Crippen molar-refractivity contribution in [2.24, 2.45) is 5.92 Å². The summed E-state index contributed by atoms with van der Waals surface area (Å²) >= 11 is 0. The van der Waals surface area contributed by atoms with E-state index >= 15 is 0 Å². The van der Waals surface area contributed by atoms with Gasteiger partial charge in [-0.15, -0.1) is 0 Å². The number of carbonyl (C=O) groups is 1. The molecule has 0 aromatic heterocycles. The number of aliphatic hydroxyl groups is 1. The molecule has 0 bridgehead atoms. The summed E-state index contributed by atoms with van der Waals surface area (Å²) < 4.78 is 0. The fourth-order valence-corrected chi connectivity index (χ4v) is 1.12. The average molecular weight is 178 g/mol. The maximum atomic E-state index is 11.5. The first-order chi connectivity index (χ1) is 6.24. The molecule has 70 valence electrons. The number of rotatable bonds is 4. The minimum atomic E-state index is 0.0488. The Morgan fingerprint density at radius 3 is 2.54 bits per heavy atom. The molecular formula is C11H14O2. The Morgan fingerprint density at radius 2 is 2.00 bits per heavy atom. The highest BCUT2D eigenvalue weighted by molar-refractivity contribution is 5.96. The van der Waals surface area contributed by atoms with Crippen LogP contribution in [0.25, 0.3) is 0 Å². The van der Waals surface area contributed by atoms with E-state index in [-0.39, 0.29) is 18.3 Å². The summed E-state index contributed by atoms with van der Waals surface area (Å²) in [5, 5.41) is 8.78. The van der Waals surface area contributed by atoms with E-state index < -0.39 is 0 Å². The lowest BCUT2D eigenvalue weighted by molar-refractivity contribution is 0.0943. The Kier molecular flexibility index (Phi) is 3.65. The van der Waals surface area contributed by atoms with Crippen molar-refractivity contribution in [3.8, 4) is 0 Å². The van der Waals surface area contributed by atoms with Gasteiger partial charge >= 0.3 is 0 Å². The summed E-state index contributed by atoms with van der Waals surface area (Å²) in [5.74, 6) is 0.148. The molecule has 0 aliphatic heterocycles. The molecule has 1 aromatic rings. The van der Waals surface area contributed by atoms with Gasteiger partial charge in [-0.3, -0.25) is 4.79 Å². The van der Waals surface area contributed by atoms with Gasteiger partial charge in [-0.25, -0.2) is 0 Å².